The van der Waals surface area contributed by atoms with Crippen molar-refractivity contribution in [2.24, 2.45) is 0 Å². The van der Waals surface area contributed by atoms with Gasteiger partial charge in [-0.05, 0) is 52.3 Å². The van der Waals surface area contributed by atoms with Crippen LogP contribution in [-0.2, 0) is 0 Å². The zero-order valence-corrected chi connectivity index (χ0v) is 12.8. The van der Waals surface area contributed by atoms with Gasteiger partial charge in [0.1, 0.15) is 11.3 Å². The van der Waals surface area contributed by atoms with Gasteiger partial charge in [-0.2, -0.15) is 0 Å². The number of ether oxygens (including phenoxy) is 1. The van der Waals surface area contributed by atoms with E-state index in [-0.39, 0.29) is 11.7 Å². The predicted molar refractivity (Wildman–Crippen MR) is 84.9 cm³/mol. The lowest BCUT2D eigenvalue weighted by Crippen LogP contribution is -2.10. The summed E-state index contributed by atoms with van der Waals surface area (Å²) in [5.74, 6) is 0.719. The first-order chi connectivity index (χ1) is 10.2. The zero-order valence-electron chi connectivity index (χ0n) is 11.2. The average molecular weight is 346 g/mol. The third-order valence-electron chi connectivity index (χ3n) is 3.07. The number of para-hydroxylation sites is 1. The van der Waals surface area contributed by atoms with Crippen molar-refractivity contribution < 1.29 is 13.9 Å². The van der Waals surface area contributed by atoms with Crippen LogP contribution in [0.3, 0.4) is 0 Å². The number of nitrogens with one attached hydrogen (secondary N) is 1. The monoisotopic (exact) mass is 345 g/mol. The van der Waals surface area contributed by atoms with E-state index in [2.05, 4.69) is 21.2 Å². The van der Waals surface area contributed by atoms with E-state index < -0.39 is 0 Å². The van der Waals surface area contributed by atoms with Crippen LogP contribution >= 0.6 is 15.9 Å². The lowest BCUT2D eigenvalue weighted by atomic mass is 10.2. The Hall–Kier alpha value is -2.27. The molecule has 0 atom stereocenters. The molecule has 106 valence electrons. The quantitative estimate of drug-likeness (QED) is 0.762. The maximum absolute atomic E-state index is 12.2. The molecule has 0 aliphatic heterocycles. The van der Waals surface area contributed by atoms with Gasteiger partial charge in [-0.3, -0.25) is 4.79 Å². The Balaban J connectivity index is 1.84. The van der Waals surface area contributed by atoms with E-state index in [1.807, 2.05) is 18.2 Å². The Morgan fingerprint density at radius 3 is 2.62 bits per heavy atom. The Bertz CT molecular complexity index is 793. The molecule has 1 amide bonds. The lowest BCUT2D eigenvalue weighted by Gasteiger charge is -2.04. The second kappa shape index (κ2) is 5.61. The first-order valence-electron chi connectivity index (χ1n) is 6.31. The summed E-state index contributed by atoms with van der Waals surface area (Å²) < 4.78 is 11.5. The van der Waals surface area contributed by atoms with Gasteiger partial charge in [-0.1, -0.05) is 12.1 Å². The molecule has 4 nitrogen and oxygen atoms in total. The molecule has 1 aromatic heterocycles. The molecule has 1 heterocycles. The summed E-state index contributed by atoms with van der Waals surface area (Å²) in [4.78, 5) is 12.2. The Morgan fingerprint density at radius 2 is 1.95 bits per heavy atom. The third kappa shape index (κ3) is 2.78. The highest BCUT2D eigenvalue weighted by atomic mass is 79.9. The molecular formula is C16H12BrNO3. The first kappa shape index (κ1) is 13.7. The van der Waals surface area contributed by atoms with E-state index in [1.165, 1.54) is 0 Å². The molecule has 5 heteroatoms. The summed E-state index contributed by atoms with van der Waals surface area (Å²) in [5.41, 5.74) is 1.35. The first-order valence-corrected chi connectivity index (χ1v) is 7.10. The van der Waals surface area contributed by atoms with E-state index in [4.69, 9.17) is 9.15 Å². The Kier molecular flexibility index (Phi) is 3.66. The van der Waals surface area contributed by atoms with Gasteiger partial charge in [0.25, 0.3) is 5.91 Å². The second-order valence-electron chi connectivity index (χ2n) is 4.45. The van der Waals surface area contributed by atoms with Gasteiger partial charge in [0.05, 0.1) is 11.6 Å². The number of fused-ring (bicyclic) bond motifs is 1. The topological polar surface area (TPSA) is 51.5 Å². The summed E-state index contributed by atoms with van der Waals surface area (Å²) in [6, 6.07) is 14.5. The van der Waals surface area contributed by atoms with Crippen LogP contribution in [0.25, 0.3) is 11.0 Å². The molecule has 3 rings (SSSR count). The van der Waals surface area contributed by atoms with Gasteiger partial charge in [-0.15, -0.1) is 0 Å². The summed E-state index contributed by atoms with van der Waals surface area (Å²) in [6.45, 7) is 0. The van der Waals surface area contributed by atoms with Gasteiger partial charge >= 0.3 is 0 Å². The predicted octanol–water partition coefficient (Wildman–Crippen LogP) is 4.46. The van der Waals surface area contributed by atoms with Crippen molar-refractivity contribution in [2.75, 3.05) is 12.4 Å². The summed E-state index contributed by atoms with van der Waals surface area (Å²) in [7, 11) is 1.60. The normalized spacial score (nSPS) is 10.6. The minimum absolute atomic E-state index is 0.271. The third-order valence-corrected chi connectivity index (χ3v) is 3.69. The van der Waals surface area contributed by atoms with E-state index >= 15 is 0 Å². The number of rotatable bonds is 3. The molecule has 0 spiro atoms. The Labute approximate surface area is 129 Å². The van der Waals surface area contributed by atoms with Crippen LogP contribution in [0.15, 0.2) is 57.4 Å². The number of hydrogen-bond donors (Lipinski definition) is 1. The van der Waals surface area contributed by atoms with Crippen LogP contribution in [0.5, 0.6) is 5.75 Å². The van der Waals surface area contributed by atoms with Gasteiger partial charge in [0.15, 0.2) is 5.76 Å². The van der Waals surface area contributed by atoms with Crippen LogP contribution in [0.1, 0.15) is 10.6 Å². The molecule has 0 bridgehead atoms. The van der Waals surface area contributed by atoms with Crippen molar-refractivity contribution in [1.29, 1.82) is 0 Å². The fourth-order valence-corrected chi connectivity index (χ4v) is 2.47. The molecule has 21 heavy (non-hydrogen) atoms. The van der Waals surface area contributed by atoms with Crippen LogP contribution in [0.4, 0.5) is 5.69 Å². The SMILES string of the molecule is COc1ccc(NC(=O)c2cc3cccc(Br)c3o2)cc1. The molecule has 0 aliphatic rings. The van der Waals surface area contributed by atoms with Crippen LogP contribution in [-0.4, -0.2) is 13.0 Å². The fraction of sp³-hybridized carbons (Fsp3) is 0.0625. The molecule has 0 saturated carbocycles. The minimum Gasteiger partial charge on any atom is -0.497 e. The summed E-state index contributed by atoms with van der Waals surface area (Å²) >= 11 is 3.40. The molecule has 0 aliphatic carbocycles. The molecular weight excluding hydrogens is 334 g/mol. The number of benzene rings is 2. The molecule has 0 radical (unpaired) electrons. The zero-order chi connectivity index (χ0) is 14.8. The van der Waals surface area contributed by atoms with E-state index in [9.17, 15) is 4.79 Å². The largest absolute Gasteiger partial charge is 0.497 e. The van der Waals surface area contributed by atoms with E-state index in [1.54, 1.807) is 37.4 Å². The van der Waals surface area contributed by atoms with Crippen LogP contribution < -0.4 is 10.1 Å². The molecule has 0 saturated heterocycles. The highest BCUT2D eigenvalue weighted by Crippen LogP contribution is 2.27. The number of amides is 1. The number of furan rings is 1. The van der Waals surface area contributed by atoms with Crippen molar-refractivity contribution in [1.82, 2.24) is 0 Å². The van der Waals surface area contributed by atoms with E-state index in [0.717, 1.165) is 15.6 Å². The average Bonchev–Trinajstić information content (AvgIpc) is 2.94. The number of carbonyl (C=O) groups excluding carboxylic acids is 1. The lowest BCUT2D eigenvalue weighted by molar-refractivity contribution is 0.0998. The highest BCUT2D eigenvalue weighted by molar-refractivity contribution is 9.10. The maximum atomic E-state index is 12.2. The maximum Gasteiger partial charge on any atom is 0.291 e. The molecule has 1 N–H and O–H groups in total. The summed E-state index contributed by atoms with van der Waals surface area (Å²) in [5, 5.41) is 3.67. The second-order valence-corrected chi connectivity index (χ2v) is 5.31. The van der Waals surface area contributed by atoms with Crippen LogP contribution in [0, 0.1) is 0 Å². The van der Waals surface area contributed by atoms with E-state index in [0.29, 0.717) is 11.3 Å². The van der Waals surface area contributed by atoms with Gasteiger partial charge in [0, 0.05) is 11.1 Å². The standard InChI is InChI=1S/C16H12BrNO3/c1-20-12-7-5-11(6-8-12)18-16(19)14-9-10-3-2-4-13(17)15(10)21-14/h2-9H,1H3,(H,18,19). The smallest absolute Gasteiger partial charge is 0.291 e. The van der Waals surface area contributed by atoms with Gasteiger partial charge < -0.3 is 14.5 Å². The number of halogens is 1. The van der Waals surface area contributed by atoms with Crippen molar-refractivity contribution >= 4 is 38.5 Å². The van der Waals surface area contributed by atoms with Crippen LogP contribution in [0.2, 0.25) is 0 Å². The van der Waals surface area contributed by atoms with Crippen molar-refractivity contribution in [3.63, 3.8) is 0 Å². The fourth-order valence-electron chi connectivity index (χ4n) is 2.01. The number of anilines is 1. The van der Waals surface area contributed by atoms with Crippen molar-refractivity contribution in [3.8, 4) is 5.75 Å². The van der Waals surface area contributed by atoms with Gasteiger partial charge in [0.2, 0.25) is 0 Å². The molecule has 2 aromatic carbocycles. The van der Waals surface area contributed by atoms with Crippen molar-refractivity contribution in [2.45, 2.75) is 0 Å². The van der Waals surface area contributed by atoms with Gasteiger partial charge in [-0.25, -0.2) is 0 Å². The number of hydrogen-bond acceptors (Lipinski definition) is 3. The Morgan fingerprint density at radius 1 is 1.19 bits per heavy atom. The molecule has 0 fully saturated rings. The number of carbonyl (C=O) groups is 1. The number of methoxy groups -OCH3 is 1. The minimum atomic E-state index is -0.289. The molecule has 3 aromatic rings. The van der Waals surface area contributed by atoms with Crippen molar-refractivity contribution in [3.05, 3.63) is 58.8 Å². The summed E-state index contributed by atoms with van der Waals surface area (Å²) in [6.07, 6.45) is 0. The molecule has 0 unspecified atom stereocenters. The highest BCUT2D eigenvalue weighted by Gasteiger charge is 2.13.